The highest BCUT2D eigenvalue weighted by Gasteiger charge is 2.17. The summed E-state index contributed by atoms with van der Waals surface area (Å²) < 4.78 is 0. The highest BCUT2D eigenvalue weighted by Crippen LogP contribution is 2.25. The van der Waals surface area contributed by atoms with Gasteiger partial charge in [0.25, 0.3) is 0 Å². The number of thiophene rings is 1. The Hall–Kier alpha value is -2.95. The average molecular weight is 370 g/mol. The fourth-order valence-electron chi connectivity index (χ4n) is 2.59. The summed E-state index contributed by atoms with van der Waals surface area (Å²) in [5, 5.41) is 26.9. The Balaban J connectivity index is 0.000000260. The first-order chi connectivity index (χ1) is 12.5. The van der Waals surface area contributed by atoms with Crippen LogP contribution in [-0.4, -0.2) is 33.6 Å². The van der Waals surface area contributed by atoms with Gasteiger partial charge in [0.2, 0.25) is 0 Å². The van der Waals surface area contributed by atoms with Gasteiger partial charge >= 0.3 is 11.9 Å². The summed E-state index contributed by atoms with van der Waals surface area (Å²) in [7, 11) is 0. The van der Waals surface area contributed by atoms with Crippen molar-refractivity contribution < 1.29 is 19.8 Å². The SMILES string of the molecule is N#Cc1ccccc1CN1CCc2sccc2C1.O=C(O)/C=C\C(=O)O. The van der Waals surface area contributed by atoms with Crippen LogP contribution in [0.5, 0.6) is 0 Å². The van der Waals surface area contributed by atoms with Crippen molar-refractivity contribution in [1.82, 2.24) is 4.90 Å². The molecule has 2 aromatic rings. The topological polar surface area (TPSA) is 102 Å². The van der Waals surface area contributed by atoms with Crippen molar-refractivity contribution in [2.24, 2.45) is 0 Å². The molecule has 0 aliphatic carbocycles. The van der Waals surface area contributed by atoms with Gasteiger partial charge in [-0.15, -0.1) is 11.3 Å². The minimum atomic E-state index is -1.26. The molecule has 134 valence electrons. The second-order valence-corrected chi connectivity index (χ2v) is 6.61. The lowest BCUT2D eigenvalue weighted by Gasteiger charge is -2.27. The molecule has 0 amide bonds. The summed E-state index contributed by atoms with van der Waals surface area (Å²) in [5.74, 6) is -2.51. The van der Waals surface area contributed by atoms with Crippen molar-refractivity contribution in [3.05, 3.63) is 69.4 Å². The maximum Gasteiger partial charge on any atom is 0.328 e. The molecule has 2 N–H and O–H groups in total. The highest BCUT2D eigenvalue weighted by molar-refractivity contribution is 7.10. The molecule has 2 heterocycles. The smallest absolute Gasteiger partial charge is 0.328 e. The van der Waals surface area contributed by atoms with E-state index < -0.39 is 11.9 Å². The van der Waals surface area contributed by atoms with Crippen molar-refractivity contribution in [1.29, 1.82) is 5.26 Å². The Kier molecular flexibility index (Phi) is 7.09. The van der Waals surface area contributed by atoms with Gasteiger partial charge in [-0.05, 0) is 35.1 Å². The predicted molar refractivity (Wildman–Crippen MR) is 97.7 cm³/mol. The summed E-state index contributed by atoms with van der Waals surface area (Å²) in [6.07, 6.45) is 2.26. The Labute approximate surface area is 155 Å². The van der Waals surface area contributed by atoms with Gasteiger partial charge in [-0.25, -0.2) is 9.59 Å². The number of carboxylic acids is 2. The van der Waals surface area contributed by atoms with E-state index in [1.165, 1.54) is 10.4 Å². The number of hydrogen-bond acceptors (Lipinski definition) is 5. The number of rotatable bonds is 4. The number of aliphatic carboxylic acids is 2. The van der Waals surface area contributed by atoms with Gasteiger partial charge in [0.1, 0.15) is 0 Å². The van der Waals surface area contributed by atoms with Crippen LogP contribution in [0.25, 0.3) is 0 Å². The fraction of sp³-hybridized carbons (Fsp3) is 0.211. The van der Waals surface area contributed by atoms with Crippen LogP contribution >= 0.6 is 11.3 Å². The predicted octanol–water partition coefficient (Wildman–Crippen LogP) is 2.89. The molecule has 0 atom stereocenters. The maximum absolute atomic E-state index is 9.55. The first-order valence-corrected chi connectivity index (χ1v) is 8.77. The van der Waals surface area contributed by atoms with Gasteiger partial charge < -0.3 is 10.2 Å². The van der Waals surface area contributed by atoms with E-state index in [0.717, 1.165) is 37.2 Å². The van der Waals surface area contributed by atoms with Crippen LogP contribution in [0.1, 0.15) is 21.6 Å². The molecule has 1 aromatic carbocycles. The van der Waals surface area contributed by atoms with Crippen LogP contribution in [-0.2, 0) is 29.1 Å². The summed E-state index contributed by atoms with van der Waals surface area (Å²) in [4.78, 5) is 23.1. The number of fused-ring (bicyclic) bond motifs is 1. The lowest BCUT2D eigenvalue weighted by molar-refractivity contribution is -0.134. The van der Waals surface area contributed by atoms with E-state index in [1.807, 2.05) is 29.5 Å². The second kappa shape index (κ2) is 9.51. The second-order valence-electron chi connectivity index (χ2n) is 5.61. The van der Waals surface area contributed by atoms with Gasteiger partial charge in [0, 0.05) is 36.7 Å². The largest absolute Gasteiger partial charge is 0.478 e. The van der Waals surface area contributed by atoms with Crippen molar-refractivity contribution in [3.8, 4) is 6.07 Å². The fourth-order valence-corrected chi connectivity index (χ4v) is 3.48. The molecule has 6 nitrogen and oxygen atoms in total. The lowest BCUT2D eigenvalue weighted by atomic mass is 10.1. The lowest BCUT2D eigenvalue weighted by Crippen LogP contribution is -2.29. The van der Waals surface area contributed by atoms with E-state index in [9.17, 15) is 9.59 Å². The monoisotopic (exact) mass is 370 g/mol. The maximum atomic E-state index is 9.55. The minimum absolute atomic E-state index is 0.558. The standard InChI is InChI=1S/C15H14N2S.C4H4O4/c16-9-12-3-1-2-4-13(12)10-17-7-5-15-14(11-17)6-8-18-15;5-3(6)1-2-4(7)8/h1-4,6,8H,5,7,10-11H2;1-2H,(H,5,6)(H,7,8)/b;2-1-. The third-order valence-corrected chi connectivity index (χ3v) is 4.81. The van der Waals surface area contributed by atoms with E-state index in [0.29, 0.717) is 12.2 Å². The molecule has 0 spiro atoms. The van der Waals surface area contributed by atoms with Crippen LogP contribution < -0.4 is 0 Å². The summed E-state index contributed by atoms with van der Waals surface area (Å²) in [5.41, 5.74) is 3.40. The van der Waals surface area contributed by atoms with Gasteiger partial charge in [0.05, 0.1) is 11.6 Å². The van der Waals surface area contributed by atoms with Gasteiger partial charge in [-0.1, -0.05) is 18.2 Å². The molecule has 3 rings (SSSR count). The molecule has 0 saturated heterocycles. The summed E-state index contributed by atoms with van der Waals surface area (Å²) >= 11 is 1.86. The van der Waals surface area contributed by atoms with Gasteiger partial charge in [-0.2, -0.15) is 5.26 Å². The summed E-state index contributed by atoms with van der Waals surface area (Å²) in [6, 6.07) is 12.4. The van der Waals surface area contributed by atoms with Crippen LogP contribution in [0.2, 0.25) is 0 Å². The van der Waals surface area contributed by atoms with Crippen LogP contribution in [0.3, 0.4) is 0 Å². The molecule has 26 heavy (non-hydrogen) atoms. The first-order valence-electron chi connectivity index (χ1n) is 7.89. The number of carbonyl (C=O) groups is 2. The Bertz CT molecular complexity index is 835. The molecule has 1 aliphatic rings. The molecule has 0 fully saturated rings. The quantitative estimate of drug-likeness (QED) is 0.803. The normalized spacial score (nSPS) is 13.3. The molecular formula is C19H18N2O4S. The molecule has 7 heteroatoms. The Morgan fingerprint density at radius 2 is 1.88 bits per heavy atom. The van der Waals surface area contributed by atoms with Gasteiger partial charge in [0.15, 0.2) is 0 Å². The molecule has 0 saturated carbocycles. The number of benzene rings is 1. The highest BCUT2D eigenvalue weighted by atomic mass is 32.1. The Morgan fingerprint density at radius 3 is 2.54 bits per heavy atom. The molecule has 0 radical (unpaired) electrons. The molecule has 1 aliphatic heterocycles. The third-order valence-electron chi connectivity index (χ3n) is 3.79. The zero-order valence-electron chi connectivity index (χ0n) is 14.0. The molecular weight excluding hydrogens is 352 g/mol. The van der Waals surface area contributed by atoms with E-state index in [2.05, 4.69) is 28.5 Å². The van der Waals surface area contributed by atoms with E-state index in [1.54, 1.807) is 0 Å². The third kappa shape index (κ3) is 5.84. The summed E-state index contributed by atoms with van der Waals surface area (Å²) in [6.45, 7) is 2.98. The molecule has 0 unspecified atom stereocenters. The van der Waals surface area contributed by atoms with Crippen molar-refractivity contribution in [3.63, 3.8) is 0 Å². The zero-order valence-corrected chi connectivity index (χ0v) is 14.8. The van der Waals surface area contributed by atoms with Crippen LogP contribution in [0.4, 0.5) is 0 Å². The zero-order chi connectivity index (χ0) is 18.9. The number of nitriles is 1. The molecule has 0 bridgehead atoms. The van der Waals surface area contributed by atoms with E-state index in [-0.39, 0.29) is 0 Å². The number of hydrogen-bond donors (Lipinski definition) is 2. The van der Waals surface area contributed by atoms with Crippen LogP contribution in [0, 0.1) is 11.3 Å². The van der Waals surface area contributed by atoms with Crippen molar-refractivity contribution in [2.45, 2.75) is 19.5 Å². The van der Waals surface area contributed by atoms with E-state index in [4.69, 9.17) is 15.5 Å². The first kappa shape index (κ1) is 19.4. The number of carboxylic acid groups (broad SMARTS) is 2. The van der Waals surface area contributed by atoms with Crippen molar-refractivity contribution >= 4 is 23.3 Å². The van der Waals surface area contributed by atoms with E-state index >= 15 is 0 Å². The van der Waals surface area contributed by atoms with Crippen LogP contribution in [0.15, 0.2) is 47.9 Å². The van der Waals surface area contributed by atoms with Crippen molar-refractivity contribution in [2.75, 3.05) is 6.54 Å². The molecule has 1 aromatic heterocycles. The average Bonchev–Trinajstić information content (AvgIpc) is 3.09. The Morgan fingerprint density at radius 1 is 1.19 bits per heavy atom. The number of nitrogens with zero attached hydrogens (tertiary/aromatic N) is 2. The minimum Gasteiger partial charge on any atom is -0.478 e. The van der Waals surface area contributed by atoms with Gasteiger partial charge in [-0.3, -0.25) is 4.90 Å².